The van der Waals surface area contributed by atoms with E-state index in [-0.39, 0.29) is 17.7 Å². The molecule has 1 aliphatic heterocycles. The van der Waals surface area contributed by atoms with Gasteiger partial charge in [0.15, 0.2) is 0 Å². The number of likely N-dealkylation sites (tertiary alicyclic amines) is 1. The standard InChI is InChI=1S/C17H23N3O2/c1-11-8-15(11)16(21)19-14-4-2-13(3-5-14)17(22)20-7-6-12(9-18)10-20/h2-5,11-12,15H,6-10,18H2,1H3,(H,19,21). The van der Waals surface area contributed by atoms with Gasteiger partial charge in [-0.15, -0.1) is 0 Å². The van der Waals surface area contributed by atoms with Crippen LogP contribution in [0.15, 0.2) is 24.3 Å². The Labute approximate surface area is 130 Å². The van der Waals surface area contributed by atoms with E-state index in [1.54, 1.807) is 24.3 Å². The number of benzene rings is 1. The third-order valence-electron chi connectivity index (χ3n) is 4.75. The minimum Gasteiger partial charge on any atom is -0.338 e. The van der Waals surface area contributed by atoms with Crippen LogP contribution in [0.25, 0.3) is 0 Å². The number of nitrogens with one attached hydrogen (secondary N) is 1. The topological polar surface area (TPSA) is 75.4 Å². The molecule has 3 N–H and O–H groups in total. The molecule has 1 saturated heterocycles. The first-order chi connectivity index (χ1) is 10.6. The van der Waals surface area contributed by atoms with E-state index in [2.05, 4.69) is 12.2 Å². The molecule has 3 atom stereocenters. The lowest BCUT2D eigenvalue weighted by molar-refractivity contribution is -0.117. The van der Waals surface area contributed by atoms with Gasteiger partial charge >= 0.3 is 0 Å². The molecule has 1 aromatic rings. The summed E-state index contributed by atoms with van der Waals surface area (Å²) < 4.78 is 0. The molecule has 1 aromatic carbocycles. The Morgan fingerprint density at radius 3 is 2.55 bits per heavy atom. The monoisotopic (exact) mass is 301 g/mol. The molecule has 0 spiro atoms. The highest BCUT2D eigenvalue weighted by atomic mass is 16.2. The Kier molecular flexibility index (Phi) is 4.16. The second-order valence-corrected chi connectivity index (χ2v) is 6.53. The third-order valence-corrected chi connectivity index (χ3v) is 4.75. The molecular formula is C17H23N3O2. The largest absolute Gasteiger partial charge is 0.338 e. The van der Waals surface area contributed by atoms with Gasteiger partial charge in [0.25, 0.3) is 5.91 Å². The van der Waals surface area contributed by atoms with Crippen molar-refractivity contribution in [1.82, 2.24) is 4.90 Å². The van der Waals surface area contributed by atoms with E-state index in [9.17, 15) is 9.59 Å². The first-order valence-electron chi connectivity index (χ1n) is 7.98. The van der Waals surface area contributed by atoms with Crippen molar-refractivity contribution in [1.29, 1.82) is 0 Å². The normalized spacial score (nSPS) is 26.8. The summed E-state index contributed by atoms with van der Waals surface area (Å²) in [6.07, 6.45) is 1.95. The molecule has 118 valence electrons. The maximum atomic E-state index is 12.4. The number of hydrogen-bond acceptors (Lipinski definition) is 3. The number of carbonyl (C=O) groups excluding carboxylic acids is 2. The van der Waals surface area contributed by atoms with Crippen molar-refractivity contribution in [2.75, 3.05) is 25.0 Å². The lowest BCUT2D eigenvalue weighted by Gasteiger charge is -2.16. The summed E-state index contributed by atoms with van der Waals surface area (Å²) in [6.45, 7) is 4.23. The van der Waals surface area contributed by atoms with Gasteiger partial charge in [0.2, 0.25) is 5.91 Å². The van der Waals surface area contributed by atoms with E-state index in [1.807, 2.05) is 4.90 Å². The van der Waals surface area contributed by atoms with Crippen LogP contribution >= 0.6 is 0 Å². The van der Waals surface area contributed by atoms with E-state index in [1.165, 1.54) is 0 Å². The minimum absolute atomic E-state index is 0.0460. The smallest absolute Gasteiger partial charge is 0.253 e. The van der Waals surface area contributed by atoms with Crippen molar-refractivity contribution in [3.05, 3.63) is 29.8 Å². The molecule has 3 unspecified atom stereocenters. The molecule has 0 radical (unpaired) electrons. The molecule has 3 rings (SSSR count). The predicted octanol–water partition coefficient (Wildman–Crippen LogP) is 1.70. The van der Waals surface area contributed by atoms with Crippen LogP contribution in [0.3, 0.4) is 0 Å². The van der Waals surface area contributed by atoms with Crippen LogP contribution in [0.5, 0.6) is 0 Å². The molecule has 0 bridgehead atoms. The van der Waals surface area contributed by atoms with E-state index < -0.39 is 0 Å². The van der Waals surface area contributed by atoms with Gasteiger partial charge in [0.05, 0.1) is 0 Å². The Bertz CT molecular complexity index is 570. The minimum atomic E-state index is 0.0460. The average molecular weight is 301 g/mol. The predicted molar refractivity (Wildman–Crippen MR) is 85.4 cm³/mol. The quantitative estimate of drug-likeness (QED) is 0.889. The summed E-state index contributed by atoms with van der Waals surface area (Å²) in [5.74, 6) is 1.19. The van der Waals surface area contributed by atoms with Crippen LogP contribution in [0.4, 0.5) is 5.69 Å². The zero-order valence-electron chi connectivity index (χ0n) is 12.9. The Morgan fingerprint density at radius 2 is 2.00 bits per heavy atom. The van der Waals surface area contributed by atoms with Crippen molar-refractivity contribution in [3.63, 3.8) is 0 Å². The zero-order valence-corrected chi connectivity index (χ0v) is 12.9. The van der Waals surface area contributed by atoms with Gasteiger partial charge in [-0.25, -0.2) is 0 Å². The van der Waals surface area contributed by atoms with Crippen molar-refractivity contribution < 1.29 is 9.59 Å². The molecule has 5 heteroatoms. The molecule has 2 aliphatic rings. The van der Waals surface area contributed by atoms with Crippen LogP contribution in [-0.4, -0.2) is 36.3 Å². The van der Waals surface area contributed by atoms with Gasteiger partial charge in [0, 0.05) is 30.3 Å². The Morgan fingerprint density at radius 1 is 1.32 bits per heavy atom. The molecule has 0 aromatic heterocycles. The molecular weight excluding hydrogens is 278 g/mol. The van der Waals surface area contributed by atoms with Gasteiger partial charge < -0.3 is 16.0 Å². The fraction of sp³-hybridized carbons (Fsp3) is 0.529. The fourth-order valence-corrected chi connectivity index (χ4v) is 3.01. The van der Waals surface area contributed by atoms with Crippen LogP contribution in [0, 0.1) is 17.8 Å². The van der Waals surface area contributed by atoms with Crippen LogP contribution in [0.2, 0.25) is 0 Å². The van der Waals surface area contributed by atoms with Crippen molar-refractivity contribution >= 4 is 17.5 Å². The molecule has 1 saturated carbocycles. The van der Waals surface area contributed by atoms with Gasteiger partial charge in [-0.3, -0.25) is 9.59 Å². The summed E-state index contributed by atoms with van der Waals surface area (Å²) in [5, 5.41) is 2.91. The van der Waals surface area contributed by atoms with E-state index >= 15 is 0 Å². The molecule has 1 heterocycles. The molecule has 5 nitrogen and oxygen atoms in total. The molecule has 22 heavy (non-hydrogen) atoms. The second-order valence-electron chi connectivity index (χ2n) is 6.53. The number of rotatable bonds is 4. The maximum absolute atomic E-state index is 12.4. The summed E-state index contributed by atoms with van der Waals surface area (Å²) in [7, 11) is 0. The van der Waals surface area contributed by atoms with Gasteiger partial charge in [-0.1, -0.05) is 6.92 Å². The molecule has 2 amide bonds. The van der Waals surface area contributed by atoms with Crippen LogP contribution in [0.1, 0.15) is 30.1 Å². The second kappa shape index (κ2) is 6.08. The SMILES string of the molecule is CC1CC1C(=O)Nc1ccc(C(=O)N2CCC(CN)C2)cc1. The Hall–Kier alpha value is -1.88. The van der Waals surface area contributed by atoms with Gasteiger partial charge in [-0.05, 0) is 55.5 Å². The number of nitrogens with two attached hydrogens (primary N) is 1. The number of carbonyl (C=O) groups is 2. The number of amides is 2. The van der Waals surface area contributed by atoms with Crippen molar-refractivity contribution in [2.24, 2.45) is 23.5 Å². The highest BCUT2D eigenvalue weighted by molar-refractivity contribution is 5.97. The van der Waals surface area contributed by atoms with Crippen LogP contribution in [-0.2, 0) is 4.79 Å². The third kappa shape index (κ3) is 3.14. The lowest BCUT2D eigenvalue weighted by atomic mass is 10.1. The van der Waals surface area contributed by atoms with E-state index in [0.717, 1.165) is 31.6 Å². The first kappa shape index (κ1) is 15.0. The summed E-state index contributed by atoms with van der Waals surface area (Å²) in [6, 6.07) is 7.16. The number of anilines is 1. The molecule has 1 aliphatic carbocycles. The average Bonchev–Trinajstić information content (AvgIpc) is 3.08. The van der Waals surface area contributed by atoms with E-state index in [0.29, 0.717) is 23.9 Å². The van der Waals surface area contributed by atoms with Crippen molar-refractivity contribution in [3.8, 4) is 0 Å². The summed E-state index contributed by atoms with van der Waals surface area (Å²) in [4.78, 5) is 26.1. The maximum Gasteiger partial charge on any atom is 0.253 e. The fourth-order valence-electron chi connectivity index (χ4n) is 3.01. The van der Waals surface area contributed by atoms with Crippen molar-refractivity contribution in [2.45, 2.75) is 19.8 Å². The molecule has 2 fully saturated rings. The first-order valence-corrected chi connectivity index (χ1v) is 7.98. The highest BCUT2D eigenvalue weighted by Gasteiger charge is 2.39. The highest BCUT2D eigenvalue weighted by Crippen LogP contribution is 2.38. The van der Waals surface area contributed by atoms with E-state index in [4.69, 9.17) is 5.73 Å². The van der Waals surface area contributed by atoms with Gasteiger partial charge in [-0.2, -0.15) is 0 Å². The summed E-state index contributed by atoms with van der Waals surface area (Å²) in [5.41, 5.74) is 7.08. The number of hydrogen-bond donors (Lipinski definition) is 2. The Balaban J connectivity index is 1.59. The lowest BCUT2D eigenvalue weighted by Crippen LogP contribution is -2.29. The van der Waals surface area contributed by atoms with Gasteiger partial charge in [0.1, 0.15) is 0 Å². The zero-order chi connectivity index (χ0) is 15.7. The summed E-state index contributed by atoms with van der Waals surface area (Å²) >= 11 is 0. The van der Waals surface area contributed by atoms with Crippen LogP contribution < -0.4 is 11.1 Å². The number of nitrogens with zero attached hydrogens (tertiary/aromatic N) is 1.